The molecule has 2 aromatic heterocycles. The molecule has 0 spiro atoms. The smallest absolute Gasteiger partial charge is 0.227 e. The van der Waals surface area contributed by atoms with Crippen LogP contribution in [0.15, 0.2) is 18.3 Å². The molecule has 8 heteroatoms. The van der Waals surface area contributed by atoms with Crippen molar-refractivity contribution in [1.29, 1.82) is 0 Å². The van der Waals surface area contributed by atoms with Gasteiger partial charge < -0.3 is 19.4 Å². The van der Waals surface area contributed by atoms with Crippen molar-refractivity contribution in [3.63, 3.8) is 0 Å². The first-order valence-corrected chi connectivity index (χ1v) is 9.88. The Kier molecular flexibility index (Phi) is 4.49. The highest BCUT2D eigenvalue weighted by molar-refractivity contribution is 5.47. The Morgan fingerprint density at radius 3 is 2.48 bits per heavy atom. The molecule has 0 bridgehead atoms. The number of hydrogen-bond donors (Lipinski definition) is 0. The van der Waals surface area contributed by atoms with E-state index >= 15 is 0 Å². The molecule has 0 aliphatic carbocycles. The third-order valence-corrected chi connectivity index (χ3v) is 5.63. The summed E-state index contributed by atoms with van der Waals surface area (Å²) in [5.74, 6) is 2.84. The van der Waals surface area contributed by atoms with Gasteiger partial charge in [0.25, 0.3) is 0 Å². The van der Waals surface area contributed by atoms with E-state index in [1.807, 2.05) is 12.3 Å². The van der Waals surface area contributed by atoms with Crippen molar-refractivity contribution in [2.45, 2.75) is 25.9 Å². The summed E-state index contributed by atoms with van der Waals surface area (Å²) < 4.78 is 5.55. The lowest BCUT2D eigenvalue weighted by molar-refractivity contribution is 0.109. The highest BCUT2D eigenvalue weighted by Crippen LogP contribution is 2.23. The van der Waals surface area contributed by atoms with Crippen LogP contribution < -0.4 is 14.7 Å². The molecule has 3 aliphatic heterocycles. The third-order valence-electron chi connectivity index (χ3n) is 5.63. The van der Waals surface area contributed by atoms with Gasteiger partial charge in [-0.3, -0.25) is 0 Å². The Morgan fingerprint density at radius 1 is 0.852 bits per heavy atom. The summed E-state index contributed by atoms with van der Waals surface area (Å²) in [6, 6.07) is 4.16. The van der Waals surface area contributed by atoms with Gasteiger partial charge >= 0.3 is 0 Å². The van der Waals surface area contributed by atoms with Gasteiger partial charge in [0.2, 0.25) is 5.95 Å². The van der Waals surface area contributed by atoms with Crippen LogP contribution in [-0.4, -0.2) is 66.0 Å². The van der Waals surface area contributed by atoms with Gasteiger partial charge in [-0.05, 0) is 25.0 Å². The molecule has 0 amide bonds. The van der Waals surface area contributed by atoms with E-state index in [1.54, 1.807) is 0 Å². The topological polar surface area (TPSA) is 70.5 Å². The van der Waals surface area contributed by atoms with Crippen LogP contribution in [0.3, 0.4) is 0 Å². The van der Waals surface area contributed by atoms with Gasteiger partial charge in [0.15, 0.2) is 5.82 Å². The van der Waals surface area contributed by atoms with Crippen molar-refractivity contribution in [3.8, 4) is 0 Å². The molecule has 0 saturated carbocycles. The average Bonchev–Trinajstić information content (AvgIpc) is 3.29. The van der Waals surface area contributed by atoms with E-state index < -0.39 is 0 Å². The first-order valence-electron chi connectivity index (χ1n) is 9.88. The molecule has 27 heavy (non-hydrogen) atoms. The predicted octanol–water partition coefficient (Wildman–Crippen LogP) is 1.27. The third kappa shape index (κ3) is 3.41. The number of nitrogens with zero attached hydrogens (tertiary/aromatic N) is 7. The first-order chi connectivity index (χ1) is 13.4. The minimum Gasteiger partial charge on any atom is -0.376 e. The molecule has 142 valence electrons. The van der Waals surface area contributed by atoms with Crippen LogP contribution in [0.2, 0.25) is 0 Å². The van der Waals surface area contributed by atoms with Crippen molar-refractivity contribution in [2.24, 2.45) is 0 Å². The molecule has 3 aliphatic rings. The minimum absolute atomic E-state index is 0.648. The molecule has 8 nitrogen and oxygen atoms in total. The zero-order valence-electron chi connectivity index (χ0n) is 15.5. The minimum atomic E-state index is 0.648. The van der Waals surface area contributed by atoms with Crippen LogP contribution in [0, 0.1) is 0 Å². The van der Waals surface area contributed by atoms with Gasteiger partial charge in [-0.15, -0.1) is 5.10 Å². The number of hydrogen-bond acceptors (Lipinski definition) is 8. The maximum atomic E-state index is 5.55. The fourth-order valence-electron chi connectivity index (χ4n) is 4.03. The molecule has 2 fully saturated rings. The van der Waals surface area contributed by atoms with Crippen molar-refractivity contribution < 1.29 is 4.74 Å². The lowest BCUT2D eigenvalue weighted by Crippen LogP contribution is -2.47. The molecule has 0 atom stereocenters. The SMILES string of the molecule is c1cc(N2CCCC2)nc(N2CCN(c3cc4c(nn3)CCOC4)CC2)n1. The van der Waals surface area contributed by atoms with Crippen LogP contribution in [0.25, 0.3) is 0 Å². The fraction of sp³-hybridized carbons (Fsp3) is 0.579. The normalized spacial score (nSPS) is 20.1. The van der Waals surface area contributed by atoms with Crippen LogP contribution in [0.5, 0.6) is 0 Å². The second kappa shape index (κ2) is 7.26. The molecule has 0 radical (unpaired) electrons. The molecule has 0 aromatic carbocycles. The summed E-state index contributed by atoms with van der Waals surface area (Å²) in [5, 5.41) is 8.86. The Bertz CT molecular complexity index is 800. The molecule has 0 N–H and O–H groups in total. The van der Waals surface area contributed by atoms with E-state index in [-0.39, 0.29) is 0 Å². The largest absolute Gasteiger partial charge is 0.376 e. The number of anilines is 3. The number of rotatable bonds is 3. The van der Waals surface area contributed by atoms with E-state index in [2.05, 4.69) is 35.9 Å². The summed E-state index contributed by atoms with van der Waals surface area (Å²) in [7, 11) is 0. The zero-order valence-corrected chi connectivity index (χ0v) is 15.5. The van der Waals surface area contributed by atoms with E-state index in [0.717, 1.165) is 75.6 Å². The number of fused-ring (bicyclic) bond motifs is 1. The van der Waals surface area contributed by atoms with Gasteiger partial charge in [0, 0.05) is 57.4 Å². The summed E-state index contributed by atoms with van der Waals surface area (Å²) in [4.78, 5) is 16.2. The molecule has 5 rings (SSSR count). The second-order valence-electron chi connectivity index (χ2n) is 7.36. The van der Waals surface area contributed by atoms with Crippen LogP contribution >= 0.6 is 0 Å². The number of ether oxygens (including phenoxy) is 1. The number of aromatic nitrogens is 4. The van der Waals surface area contributed by atoms with Crippen molar-refractivity contribution in [3.05, 3.63) is 29.6 Å². The monoisotopic (exact) mass is 367 g/mol. The summed E-state index contributed by atoms with van der Waals surface area (Å²) >= 11 is 0. The number of piperazine rings is 1. The van der Waals surface area contributed by atoms with Crippen molar-refractivity contribution >= 4 is 17.6 Å². The lowest BCUT2D eigenvalue weighted by atomic mass is 10.1. The highest BCUT2D eigenvalue weighted by atomic mass is 16.5. The quantitative estimate of drug-likeness (QED) is 0.803. The van der Waals surface area contributed by atoms with Crippen LogP contribution in [-0.2, 0) is 17.8 Å². The maximum absolute atomic E-state index is 5.55. The summed E-state index contributed by atoms with van der Waals surface area (Å²) in [6.07, 6.45) is 5.26. The van der Waals surface area contributed by atoms with Crippen molar-refractivity contribution in [2.75, 3.05) is 60.6 Å². The maximum Gasteiger partial charge on any atom is 0.227 e. The molecule has 2 aromatic rings. The standard InChI is InChI=1S/C19H25N7O/c1-2-7-24(6-1)17-3-5-20-19(21-17)26-10-8-25(9-11-26)18-13-15-14-27-12-4-16(15)22-23-18/h3,5,13H,1-2,4,6-12,14H2. The molecule has 2 saturated heterocycles. The first kappa shape index (κ1) is 16.7. The van der Waals surface area contributed by atoms with E-state index in [9.17, 15) is 0 Å². The Hall–Kier alpha value is -2.48. The van der Waals surface area contributed by atoms with Crippen LogP contribution in [0.4, 0.5) is 17.6 Å². The van der Waals surface area contributed by atoms with E-state index in [1.165, 1.54) is 18.4 Å². The predicted molar refractivity (Wildman–Crippen MR) is 103 cm³/mol. The average molecular weight is 367 g/mol. The van der Waals surface area contributed by atoms with Gasteiger partial charge in [0.1, 0.15) is 5.82 Å². The van der Waals surface area contributed by atoms with Crippen molar-refractivity contribution in [1.82, 2.24) is 20.2 Å². The Labute approximate surface area is 159 Å². The van der Waals surface area contributed by atoms with Gasteiger partial charge in [-0.1, -0.05) is 0 Å². The second-order valence-corrected chi connectivity index (χ2v) is 7.36. The zero-order chi connectivity index (χ0) is 18.1. The van der Waals surface area contributed by atoms with Gasteiger partial charge in [-0.2, -0.15) is 10.1 Å². The highest BCUT2D eigenvalue weighted by Gasteiger charge is 2.23. The van der Waals surface area contributed by atoms with Gasteiger partial charge in [-0.25, -0.2) is 4.98 Å². The molecule has 0 unspecified atom stereocenters. The van der Waals surface area contributed by atoms with E-state index in [0.29, 0.717) is 6.61 Å². The fourth-order valence-corrected chi connectivity index (χ4v) is 4.03. The van der Waals surface area contributed by atoms with E-state index in [4.69, 9.17) is 9.72 Å². The lowest BCUT2D eigenvalue weighted by Gasteiger charge is -2.35. The molecule has 5 heterocycles. The van der Waals surface area contributed by atoms with Crippen LogP contribution in [0.1, 0.15) is 24.1 Å². The summed E-state index contributed by atoms with van der Waals surface area (Å²) in [5.41, 5.74) is 2.26. The Balaban J connectivity index is 1.26. The molecular weight excluding hydrogens is 342 g/mol. The molecular formula is C19H25N7O. The van der Waals surface area contributed by atoms with Gasteiger partial charge in [0.05, 0.1) is 18.9 Å². The summed E-state index contributed by atoms with van der Waals surface area (Å²) in [6.45, 7) is 7.16. The Morgan fingerprint density at radius 2 is 1.63 bits per heavy atom.